The fourth-order valence-corrected chi connectivity index (χ4v) is 1.77. The lowest BCUT2D eigenvalue weighted by Gasteiger charge is -2.06. The van der Waals surface area contributed by atoms with Crippen LogP contribution in [0.25, 0.3) is 5.69 Å². The second-order valence-corrected chi connectivity index (χ2v) is 4.52. The lowest BCUT2D eigenvalue weighted by molar-refractivity contribution is -0.141. The van der Waals surface area contributed by atoms with E-state index in [9.17, 15) is 18.0 Å². The van der Waals surface area contributed by atoms with Gasteiger partial charge in [0.15, 0.2) is 5.69 Å². The van der Waals surface area contributed by atoms with Gasteiger partial charge >= 0.3 is 6.18 Å². The largest absolute Gasteiger partial charge is 0.435 e. The first-order valence-corrected chi connectivity index (χ1v) is 6.54. The zero-order valence-electron chi connectivity index (χ0n) is 11.5. The molecule has 0 aliphatic carbocycles. The number of nitrogens with one attached hydrogen (secondary N) is 1. The number of hydrogen-bond donors (Lipinski definition) is 2. The Morgan fingerprint density at radius 2 is 1.91 bits per heavy atom. The van der Waals surface area contributed by atoms with Crippen molar-refractivity contribution in [3.63, 3.8) is 0 Å². The van der Waals surface area contributed by atoms with Crippen LogP contribution in [-0.2, 0) is 6.18 Å². The fourth-order valence-electron chi connectivity index (χ4n) is 1.77. The van der Waals surface area contributed by atoms with E-state index in [4.69, 9.17) is 5.11 Å². The van der Waals surface area contributed by atoms with Crippen molar-refractivity contribution in [1.82, 2.24) is 15.1 Å². The number of amides is 1. The first kappa shape index (κ1) is 16.0. The third kappa shape index (κ3) is 3.85. The quantitative estimate of drug-likeness (QED) is 0.830. The molecule has 0 unspecified atom stereocenters. The molecule has 2 N–H and O–H groups in total. The van der Waals surface area contributed by atoms with Crippen LogP contribution in [0.2, 0.25) is 0 Å². The van der Waals surface area contributed by atoms with Crippen LogP contribution in [0.5, 0.6) is 0 Å². The predicted molar refractivity (Wildman–Crippen MR) is 72.6 cm³/mol. The van der Waals surface area contributed by atoms with Crippen molar-refractivity contribution in [2.75, 3.05) is 13.2 Å². The molecule has 22 heavy (non-hydrogen) atoms. The molecule has 0 atom stereocenters. The second-order valence-electron chi connectivity index (χ2n) is 4.52. The summed E-state index contributed by atoms with van der Waals surface area (Å²) in [4.78, 5) is 11.7. The molecule has 8 heteroatoms. The summed E-state index contributed by atoms with van der Waals surface area (Å²) in [5, 5.41) is 14.7. The number of alkyl halides is 3. The van der Waals surface area contributed by atoms with Crippen LogP contribution in [-0.4, -0.2) is 33.9 Å². The average Bonchev–Trinajstić information content (AvgIpc) is 2.97. The Balaban J connectivity index is 2.08. The molecule has 0 radical (unpaired) electrons. The van der Waals surface area contributed by atoms with Gasteiger partial charge in [0, 0.05) is 24.9 Å². The van der Waals surface area contributed by atoms with Gasteiger partial charge in [0.05, 0.1) is 5.69 Å². The van der Waals surface area contributed by atoms with Crippen LogP contribution in [0, 0.1) is 0 Å². The Bertz CT molecular complexity index is 636. The molecule has 118 valence electrons. The number of halogens is 3. The predicted octanol–water partition coefficient (Wildman–Crippen LogP) is 2.00. The molecule has 0 spiro atoms. The Morgan fingerprint density at radius 1 is 1.23 bits per heavy atom. The third-order valence-electron chi connectivity index (χ3n) is 2.89. The Kier molecular flexibility index (Phi) is 4.81. The number of nitrogens with zero attached hydrogens (tertiary/aromatic N) is 2. The minimum atomic E-state index is -4.49. The average molecular weight is 313 g/mol. The number of hydrogen-bond acceptors (Lipinski definition) is 3. The second kappa shape index (κ2) is 6.61. The van der Waals surface area contributed by atoms with Crippen molar-refractivity contribution in [3.05, 3.63) is 47.8 Å². The summed E-state index contributed by atoms with van der Waals surface area (Å²) in [5.41, 5.74) is -0.175. The first-order valence-electron chi connectivity index (χ1n) is 6.54. The zero-order valence-corrected chi connectivity index (χ0v) is 11.5. The molecule has 1 aromatic carbocycles. The number of rotatable bonds is 5. The van der Waals surface area contributed by atoms with Crippen LogP contribution in [0.15, 0.2) is 36.5 Å². The zero-order chi connectivity index (χ0) is 16.2. The maximum Gasteiger partial charge on any atom is 0.435 e. The van der Waals surface area contributed by atoms with E-state index in [0.717, 1.165) is 10.7 Å². The summed E-state index contributed by atoms with van der Waals surface area (Å²) in [7, 11) is 0. The number of aromatic nitrogens is 2. The molecular weight excluding hydrogens is 299 g/mol. The lowest BCUT2D eigenvalue weighted by atomic mass is 10.2. The van der Waals surface area contributed by atoms with E-state index < -0.39 is 11.9 Å². The van der Waals surface area contributed by atoms with E-state index in [-0.39, 0.29) is 12.5 Å². The van der Waals surface area contributed by atoms with Crippen molar-refractivity contribution in [1.29, 1.82) is 0 Å². The number of carbonyl (C=O) groups is 1. The van der Waals surface area contributed by atoms with E-state index in [2.05, 4.69) is 10.4 Å². The van der Waals surface area contributed by atoms with Gasteiger partial charge in [-0.15, -0.1) is 0 Å². The van der Waals surface area contributed by atoms with Crippen molar-refractivity contribution < 1.29 is 23.1 Å². The van der Waals surface area contributed by atoms with E-state index >= 15 is 0 Å². The highest BCUT2D eigenvalue weighted by Gasteiger charge is 2.33. The highest BCUT2D eigenvalue weighted by molar-refractivity contribution is 5.94. The van der Waals surface area contributed by atoms with Crippen LogP contribution >= 0.6 is 0 Å². The normalized spacial score (nSPS) is 11.5. The molecule has 1 heterocycles. The smallest absolute Gasteiger partial charge is 0.396 e. The SMILES string of the molecule is O=C(NCCCO)c1ccc(-n2ccc(C(F)(F)F)n2)cc1. The van der Waals surface area contributed by atoms with Gasteiger partial charge in [0.25, 0.3) is 5.91 Å². The minimum absolute atomic E-state index is 0.0138. The fraction of sp³-hybridized carbons (Fsp3) is 0.286. The monoisotopic (exact) mass is 313 g/mol. The Morgan fingerprint density at radius 3 is 2.45 bits per heavy atom. The molecule has 0 aliphatic rings. The van der Waals surface area contributed by atoms with Crippen LogP contribution < -0.4 is 5.32 Å². The summed E-state index contributed by atoms with van der Waals surface area (Å²) in [6.45, 7) is 0.339. The maximum absolute atomic E-state index is 12.5. The van der Waals surface area contributed by atoms with Gasteiger partial charge in [-0.2, -0.15) is 18.3 Å². The van der Waals surface area contributed by atoms with Crippen LogP contribution in [0.4, 0.5) is 13.2 Å². The number of benzene rings is 1. The van der Waals surface area contributed by atoms with Crippen molar-refractivity contribution in [2.45, 2.75) is 12.6 Å². The van der Waals surface area contributed by atoms with Crippen molar-refractivity contribution in [3.8, 4) is 5.69 Å². The molecule has 1 amide bonds. The maximum atomic E-state index is 12.5. The lowest BCUT2D eigenvalue weighted by Crippen LogP contribution is -2.24. The summed E-state index contributed by atoms with van der Waals surface area (Å²) >= 11 is 0. The Hall–Kier alpha value is -2.35. The van der Waals surface area contributed by atoms with Crippen LogP contribution in [0.3, 0.4) is 0 Å². The molecule has 0 saturated heterocycles. The van der Waals surface area contributed by atoms with Gasteiger partial charge in [0.2, 0.25) is 0 Å². The Labute approximate surface area is 124 Å². The standard InChI is InChI=1S/C14H14F3N3O2/c15-14(16,17)12-6-8-20(19-12)11-4-2-10(3-5-11)13(22)18-7-1-9-21/h2-6,8,21H,1,7,9H2,(H,18,22). The van der Waals surface area contributed by atoms with E-state index in [0.29, 0.717) is 24.2 Å². The van der Waals surface area contributed by atoms with Gasteiger partial charge in [-0.1, -0.05) is 0 Å². The molecule has 0 aliphatic heterocycles. The van der Waals surface area contributed by atoms with E-state index in [1.807, 2.05) is 0 Å². The van der Waals surface area contributed by atoms with E-state index in [1.165, 1.54) is 30.5 Å². The van der Waals surface area contributed by atoms with E-state index in [1.54, 1.807) is 0 Å². The minimum Gasteiger partial charge on any atom is -0.396 e. The highest BCUT2D eigenvalue weighted by Crippen LogP contribution is 2.27. The molecule has 2 aromatic rings. The van der Waals surface area contributed by atoms with Gasteiger partial charge in [-0.25, -0.2) is 4.68 Å². The van der Waals surface area contributed by atoms with Crippen molar-refractivity contribution >= 4 is 5.91 Å². The summed E-state index contributed by atoms with van der Waals surface area (Å²) < 4.78 is 38.6. The van der Waals surface area contributed by atoms with Gasteiger partial charge in [-0.05, 0) is 36.8 Å². The third-order valence-corrected chi connectivity index (χ3v) is 2.89. The summed E-state index contributed by atoms with van der Waals surface area (Å²) in [5.74, 6) is -0.309. The molecule has 0 saturated carbocycles. The molecule has 5 nitrogen and oxygen atoms in total. The van der Waals surface area contributed by atoms with Crippen molar-refractivity contribution in [2.24, 2.45) is 0 Å². The van der Waals surface area contributed by atoms with Crippen LogP contribution in [0.1, 0.15) is 22.5 Å². The van der Waals surface area contributed by atoms with Gasteiger partial charge in [0.1, 0.15) is 0 Å². The number of carbonyl (C=O) groups excluding carboxylic acids is 1. The molecular formula is C14H14F3N3O2. The molecule has 0 bridgehead atoms. The summed E-state index contributed by atoms with van der Waals surface area (Å²) in [6.07, 6.45) is -2.83. The summed E-state index contributed by atoms with van der Waals surface area (Å²) in [6, 6.07) is 6.90. The van der Waals surface area contributed by atoms with Gasteiger partial charge < -0.3 is 10.4 Å². The number of aliphatic hydroxyl groups excluding tert-OH is 1. The van der Waals surface area contributed by atoms with Gasteiger partial charge in [-0.3, -0.25) is 4.79 Å². The molecule has 0 fully saturated rings. The number of aliphatic hydroxyl groups is 1. The molecule has 2 rings (SSSR count). The highest BCUT2D eigenvalue weighted by atomic mass is 19.4. The topological polar surface area (TPSA) is 67.2 Å². The first-order chi connectivity index (χ1) is 10.4. The molecule has 1 aromatic heterocycles.